The molecule has 0 bridgehead atoms. The molecule has 6 nitrogen and oxygen atoms in total. The number of rotatable bonds is 7. The smallest absolute Gasteiger partial charge is 0.245 e. The van der Waals surface area contributed by atoms with E-state index in [1.807, 2.05) is 0 Å². The van der Waals surface area contributed by atoms with E-state index < -0.39 is 23.8 Å². The molecule has 0 fully saturated rings. The first-order valence-electron chi connectivity index (χ1n) is 7.63. The molecule has 0 radical (unpaired) electrons. The Labute approximate surface area is 144 Å². The number of likely N-dealkylation sites (N-methyl/N-ethyl adjacent to an activating group) is 1. The van der Waals surface area contributed by atoms with Gasteiger partial charge in [-0.25, -0.2) is 8.78 Å². The van der Waals surface area contributed by atoms with E-state index in [4.69, 9.17) is 18.9 Å². The summed E-state index contributed by atoms with van der Waals surface area (Å²) >= 11 is 0. The molecule has 0 spiro atoms. The zero-order chi connectivity index (χ0) is 18.6. The molecule has 1 aliphatic heterocycles. The highest BCUT2D eigenvalue weighted by atomic mass is 19.1. The Morgan fingerprint density at radius 3 is 2.60 bits per heavy atom. The van der Waals surface area contributed by atoms with Crippen LogP contribution in [-0.4, -0.2) is 46.5 Å². The highest BCUT2D eigenvalue weighted by molar-refractivity contribution is 5.76. The predicted molar refractivity (Wildman–Crippen MR) is 84.6 cm³/mol. The number of hydrogen-bond donors (Lipinski definition) is 1. The molecule has 0 saturated heterocycles. The van der Waals surface area contributed by atoms with Crippen LogP contribution in [0.4, 0.5) is 8.78 Å². The summed E-state index contributed by atoms with van der Waals surface area (Å²) in [5.41, 5.74) is 0.380. The van der Waals surface area contributed by atoms with Crippen LogP contribution >= 0.6 is 0 Å². The first-order chi connectivity index (χ1) is 11.9. The molecule has 1 N–H and O–H groups in total. The van der Waals surface area contributed by atoms with Gasteiger partial charge in [-0.1, -0.05) is 0 Å². The molecular weight excluding hydrogens is 336 g/mol. The summed E-state index contributed by atoms with van der Waals surface area (Å²) in [7, 11) is 4.36. The van der Waals surface area contributed by atoms with Crippen molar-refractivity contribution in [2.75, 3.05) is 34.5 Å². The largest absolute Gasteiger partial charge is 0.495 e. The van der Waals surface area contributed by atoms with E-state index in [9.17, 15) is 13.6 Å². The van der Waals surface area contributed by atoms with E-state index in [1.165, 1.54) is 34.3 Å². The van der Waals surface area contributed by atoms with Crippen molar-refractivity contribution in [3.63, 3.8) is 0 Å². The Balaban J connectivity index is 2.38. The molecule has 0 aromatic heterocycles. The summed E-state index contributed by atoms with van der Waals surface area (Å²) in [6.45, 7) is 1.34. The molecule has 1 aromatic carbocycles. The molecule has 1 unspecified atom stereocenters. The van der Waals surface area contributed by atoms with Gasteiger partial charge in [0.1, 0.15) is 24.8 Å². The lowest BCUT2D eigenvalue weighted by atomic mass is 10.0. The minimum Gasteiger partial charge on any atom is -0.495 e. The Morgan fingerprint density at radius 2 is 2.00 bits per heavy atom. The number of benzene rings is 1. The van der Waals surface area contributed by atoms with Crippen molar-refractivity contribution >= 4 is 5.91 Å². The summed E-state index contributed by atoms with van der Waals surface area (Å²) in [5.74, 6) is -1.14. The van der Waals surface area contributed by atoms with E-state index in [-0.39, 0.29) is 30.2 Å². The van der Waals surface area contributed by atoms with Crippen LogP contribution in [0.15, 0.2) is 23.7 Å². The highest BCUT2D eigenvalue weighted by Gasteiger charge is 2.41. The van der Waals surface area contributed by atoms with Crippen molar-refractivity contribution in [3.8, 4) is 0 Å². The maximum Gasteiger partial charge on any atom is 0.245 e. The second kappa shape index (κ2) is 8.26. The first kappa shape index (κ1) is 19.1. The van der Waals surface area contributed by atoms with Crippen LogP contribution in [-0.2, 0) is 23.7 Å². The first-order valence-corrected chi connectivity index (χ1v) is 7.63. The number of ether oxygens (including phenoxy) is 4. The molecule has 1 aromatic rings. The zero-order valence-electron chi connectivity index (χ0n) is 14.5. The number of nitrogens with one attached hydrogen (secondary N) is 1. The van der Waals surface area contributed by atoms with Crippen LogP contribution in [0.1, 0.15) is 17.2 Å². The third-order valence-corrected chi connectivity index (χ3v) is 3.83. The van der Waals surface area contributed by atoms with Gasteiger partial charge in [-0.05, 0) is 18.6 Å². The van der Waals surface area contributed by atoms with Gasteiger partial charge in [-0.2, -0.15) is 0 Å². The van der Waals surface area contributed by atoms with Crippen LogP contribution in [0, 0.1) is 18.6 Å². The van der Waals surface area contributed by atoms with Crippen molar-refractivity contribution in [2.45, 2.75) is 19.1 Å². The number of hydrogen-bond acceptors (Lipinski definition) is 5. The van der Waals surface area contributed by atoms with Crippen molar-refractivity contribution in [2.24, 2.45) is 0 Å². The van der Waals surface area contributed by atoms with Gasteiger partial charge in [0.2, 0.25) is 5.91 Å². The van der Waals surface area contributed by atoms with E-state index in [1.54, 1.807) is 0 Å². The van der Waals surface area contributed by atoms with Crippen molar-refractivity contribution in [1.82, 2.24) is 5.32 Å². The van der Waals surface area contributed by atoms with Crippen LogP contribution in [0.2, 0.25) is 0 Å². The molecule has 2 rings (SSSR count). The number of carbonyl (C=O) groups is 1. The lowest BCUT2D eigenvalue weighted by Gasteiger charge is -2.22. The van der Waals surface area contributed by atoms with Crippen molar-refractivity contribution < 1.29 is 32.5 Å². The molecule has 1 amide bonds. The second-order valence-corrected chi connectivity index (χ2v) is 5.49. The van der Waals surface area contributed by atoms with Gasteiger partial charge in [0.05, 0.1) is 7.11 Å². The molecule has 1 aliphatic rings. The molecule has 2 atom stereocenters. The zero-order valence-corrected chi connectivity index (χ0v) is 14.5. The molecule has 8 heteroatoms. The summed E-state index contributed by atoms with van der Waals surface area (Å²) in [6, 6.07) is 2.15. The summed E-state index contributed by atoms with van der Waals surface area (Å²) in [5, 5.41) is 2.43. The van der Waals surface area contributed by atoms with Crippen LogP contribution in [0.3, 0.4) is 0 Å². The Hall–Kier alpha value is -2.19. The van der Waals surface area contributed by atoms with E-state index >= 15 is 0 Å². The van der Waals surface area contributed by atoms with Gasteiger partial charge < -0.3 is 24.3 Å². The minimum absolute atomic E-state index is 0.0846. The summed E-state index contributed by atoms with van der Waals surface area (Å²) in [6.07, 6.45) is -1.80. The average molecular weight is 357 g/mol. The molecule has 0 saturated carbocycles. The summed E-state index contributed by atoms with van der Waals surface area (Å²) in [4.78, 5) is 11.5. The monoisotopic (exact) mass is 357 g/mol. The Bertz CT molecular complexity index is 677. The standard InChI is InChI=1S/C17H21F2NO5/c1-9-5-10(12(19)6-11(9)18)15-17(24-8-14(21)20-2)16(23-4)13(25-15)7-22-3/h5-6,15,17H,7-8H2,1-4H3,(H,20,21)/t15-,17?/m0/s1. The average Bonchev–Trinajstić information content (AvgIpc) is 2.93. The maximum absolute atomic E-state index is 14.3. The van der Waals surface area contributed by atoms with Crippen LogP contribution in [0.25, 0.3) is 0 Å². The van der Waals surface area contributed by atoms with Gasteiger partial charge in [0, 0.05) is 25.8 Å². The van der Waals surface area contributed by atoms with Crippen molar-refractivity contribution in [3.05, 3.63) is 46.4 Å². The topological polar surface area (TPSA) is 66.0 Å². The fourth-order valence-electron chi connectivity index (χ4n) is 2.56. The van der Waals surface area contributed by atoms with Gasteiger partial charge in [0.15, 0.2) is 23.7 Å². The molecule has 0 aliphatic carbocycles. The van der Waals surface area contributed by atoms with E-state index in [0.29, 0.717) is 11.5 Å². The number of aryl methyl sites for hydroxylation is 1. The minimum atomic E-state index is -0.927. The Kier molecular flexibility index (Phi) is 6.33. The normalized spacial score (nSPS) is 19.8. The van der Waals surface area contributed by atoms with Gasteiger partial charge >= 0.3 is 0 Å². The number of carbonyl (C=O) groups excluding carboxylic acids is 1. The lowest BCUT2D eigenvalue weighted by Crippen LogP contribution is -2.30. The van der Waals surface area contributed by atoms with Crippen LogP contribution < -0.4 is 5.32 Å². The third kappa shape index (κ3) is 4.08. The third-order valence-electron chi connectivity index (χ3n) is 3.83. The quantitative estimate of drug-likeness (QED) is 0.808. The molecule has 138 valence electrons. The second-order valence-electron chi connectivity index (χ2n) is 5.49. The number of halogens is 2. The van der Waals surface area contributed by atoms with Gasteiger partial charge in [-0.15, -0.1) is 0 Å². The lowest BCUT2D eigenvalue weighted by molar-refractivity contribution is -0.128. The molecule has 25 heavy (non-hydrogen) atoms. The fraction of sp³-hybridized carbons (Fsp3) is 0.471. The van der Waals surface area contributed by atoms with E-state index in [0.717, 1.165) is 6.07 Å². The Morgan fingerprint density at radius 1 is 1.28 bits per heavy atom. The SMILES string of the molecule is CNC(=O)COC1C(OC)=C(COC)O[C@H]1c1cc(C)c(F)cc1F. The molecular formula is C17H21F2NO5. The predicted octanol–water partition coefficient (Wildman–Crippen LogP) is 1.98. The molecule has 1 heterocycles. The van der Waals surface area contributed by atoms with Crippen LogP contribution in [0.5, 0.6) is 0 Å². The van der Waals surface area contributed by atoms with Crippen molar-refractivity contribution in [1.29, 1.82) is 0 Å². The highest BCUT2D eigenvalue weighted by Crippen LogP contribution is 2.40. The number of methoxy groups -OCH3 is 2. The van der Waals surface area contributed by atoms with Gasteiger partial charge in [0.25, 0.3) is 0 Å². The fourth-order valence-corrected chi connectivity index (χ4v) is 2.56. The van der Waals surface area contributed by atoms with Gasteiger partial charge in [-0.3, -0.25) is 4.79 Å². The van der Waals surface area contributed by atoms with E-state index in [2.05, 4.69) is 5.32 Å². The number of amides is 1. The summed E-state index contributed by atoms with van der Waals surface area (Å²) < 4.78 is 49.6. The maximum atomic E-state index is 14.3.